The van der Waals surface area contributed by atoms with E-state index in [1.165, 1.54) is 11.1 Å². The second-order valence-electron chi connectivity index (χ2n) is 4.62. The number of nitrogens with two attached hydrogens (primary N) is 1. The van der Waals surface area contributed by atoms with Crippen LogP contribution in [0, 0.1) is 0 Å². The Labute approximate surface area is 114 Å². The maximum absolute atomic E-state index is 5.67. The second kappa shape index (κ2) is 7.11. The molecular weight excluding hydrogens is 240 g/mol. The third-order valence-electron chi connectivity index (χ3n) is 3.32. The average Bonchev–Trinajstić information content (AvgIpc) is 2.47. The van der Waals surface area contributed by atoms with Gasteiger partial charge in [-0.25, -0.2) is 0 Å². The minimum atomic E-state index is 0.473. The zero-order valence-electron chi connectivity index (χ0n) is 11.4. The van der Waals surface area contributed by atoms with E-state index in [-0.39, 0.29) is 0 Å². The summed E-state index contributed by atoms with van der Waals surface area (Å²) in [6, 6.07) is 8.44. The first-order valence-corrected chi connectivity index (χ1v) is 6.62. The van der Waals surface area contributed by atoms with Crippen LogP contribution in [0.15, 0.2) is 29.3 Å². The molecule has 1 aromatic rings. The third-order valence-corrected chi connectivity index (χ3v) is 3.32. The Morgan fingerprint density at radius 2 is 2.00 bits per heavy atom. The zero-order chi connectivity index (χ0) is 13.5. The van der Waals surface area contributed by atoms with E-state index < -0.39 is 0 Å². The number of rotatable bonds is 4. The smallest absolute Gasteiger partial charge is 0.188 e. The van der Waals surface area contributed by atoms with E-state index in [1.54, 1.807) is 7.05 Å². The van der Waals surface area contributed by atoms with Gasteiger partial charge in [-0.2, -0.15) is 0 Å². The van der Waals surface area contributed by atoms with Crippen LogP contribution < -0.4 is 11.1 Å². The number of morpholine rings is 1. The highest BCUT2D eigenvalue weighted by Crippen LogP contribution is 2.12. The van der Waals surface area contributed by atoms with E-state index in [9.17, 15) is 0 Å². The Hall–Kier alpha value is -1.59. The van der Waals surface area contributed by atoms with Crippen molar-refractivity contribution in [3.8, 4) is 0 Å². The fourth-order valence-electron chi connectivity index (χ4n) is 2.15. The first kappa shape index (κ1) is 13.8. The molecule has 1 fully saturated rings. The monoisotopic (exact) mass is 262 g/mol. The van der Waals surface area contributed by atoms with Crippen LogP contribution in [0.4, 0.5) is 0 Å². The van der Waals surface area contributed by atoms with Crippen LogP contribution in [0.3, 0.4) is 0 Å². The summed E-state index contributed by atoms with van der Waals surface area (Å²) in [5.74, 6) is 0.473. The Bertz CT molecular complexity index is 427. The number of hydrogen-bond donors (Lipinski definition) is 2. The van der Waals surface area contributed by atoms with Crippen LogP contribution >= 0.6 is 0 Å². The maximum Gasteiger partial charge on any atom is 0.188 e. The molecule has 1 aliphatic heterocycles. The predicted molar refractivity (Wildman–Crippen MR) is 76.9 cm³/mol. The van der Waals surface area contributed by atoms with E-state index in [0.29, 0.717) is 12.5 Å². The largest absolute Gasteiger partial charge is 0.379 e. The molecule has 1 saturated heterocycles. The quantitative estimate of drug-likeness (QED) is 0.614. The molecule has 0 bridgehead atoms. The fourth-order valence-corrected chi connectivity index (χ4v) is 2.15. The number of nitrogens with zero attached hydrogens (tertiary/aromatic N) is 2. The number of guanidine groups is 1. The van der Waals surface area contributed by atoms with Gasteiger partial charge in [0, 0.05) is 33.2 Å². The summed E-state index contributed by atoms with van der Waals surface area (Å²) in [5.41, 5.74) is 8.27. The molecule has 0 aromatic heterocycles. The summed E-state index contributed by atoms with van der Waals surface area (Å²) in [4.78, 5) is 6.32. The molecule has 1 aliphatic rings. The lowest BCUT2D eigenvalue weighted by atomic mass is 10.1. The van der Waals surface area contributed by atoms with E-state index in [0.717, 1.165) is 32.8 Å². The fraction of sp³-hybridized carbons (Fsp3) is 0.500. The molecule has 1 heterocycles. The van der Waals surface area contributed by atoms with Crippen LogP contribution in [-0.2, 0) is 17.8 Å². The van der Waals surface area contributed by atoms with Crippen molar-refractivity contribution in [2.75, 3.05) is 33.4 Å². The molecular formula is C14H22N4O. The second-order valence-corrected chi connectivity index (χ2v) is 4.62. The summed E-state index contributed by atoms with van der Waals surface area (Å²) in [6.07, 6.45) is 0. The predicted octanol–water partition coefficient (Wildman–Crippen LogP) is 0.553. The Morgan fingerprint density at radius 3 is 2.68 bits per heavy atom. The molecule has 0 unspecified atom stereocenters. The van der Waals surface area contributed by atoms with Gasteiger partial charge >= 0.3 is 0 Å². The highest BCUT2D eigenvalue weighted by Gasteiger charge is 2.12. The number of aliphatic imine (C=N–C) groups is 1. The Morgan fingerprint density at radius 1 is 1.32 bits per heavy atom. The summed E-state index contributed by atoms with van der Waals surface area (Å²) >= 11 is 0. The van der Waals surface area contributed by atoms with Gasteiger partial charge in [0.25, 0.3) is 0 Å². The molecule has 0 aliphatic carbocycles. The number of ether oxygens (including phenoxy) is 1. The van der Waals surface area contributed by atoms with E-state index in [2.05, 4.69) is 39.5 Å². The van der Waals surface area contributed by atoms with Crippen LogP contribution in [0.2, 0.25) is 0 Å². The van der Waals surface area contributed by atoms with Gasteiger partial charge < -0.3 is 15.8 Å². The zero-order valence-corrected chi connectivity index (χ0v) is 11.4. The van der Waals surface area contributed by atoms with Crippen molar-refractivity contribution in [3.05, 3.63) is 35.4 Å². The number of hydrogen-bond acceptors (Lipinski definition) is 3. The molecule has 0 atom stereocenters. The van der Waals surface area contributed by atoms with E-state index in [4.69, 9.17) is 10.5 Å². The lowest BCUT2D eigenvalue weighted by Gasteiger charge is -2.27. The van der Waals surface area contributed by atoms with Crippen LogP contribution in [0.5, 0.6) is 0 Å². The highest BCUT2D eigenvalue weighted by atomic mass is 16.5. The Balaban J connectivity index is 1.98. The molecule has 2 rings (SSSR count). The molecule has 5 heteroatoms. The summed E-state index contributed by atoms with van der Waals surface area (Å²) in [7, 11) is 1.68. The summed E-state index contributed by atoms with van der Waals surface area (Å²) < 4.78 is 5.37. The van der Waals surface area contributed by atoms with Gasteiger partial charge in [0.05, 0.1) is 13.2 Å². The SMILES string of the molecule is CN=C(N)NCc1ccccc1CN1CCOCC1. The van der Waals surface area contributed by atoms with Crippen molar-refractivity contribution < 1.29 is 4.74 Å². The van der Waals surface area contributed by atoms with Crippen LogP contribution in [-0.4, -0.2) is 44.2 Å². The van der Waals surface area contributed by atoms with Gasteiger partial charge in [-0.15, -0.1) is 0 Å². The lowest BCUT2D eigenvalue weighted by Crippen LogP contribution is -2.36. The molecule has 0 amide bonds. The Kier molecular flexibility index (Phi) is 5.18. The minimum absolute atomic E-state index is 0.473. The molecule has 0 spiro atoms. The molecule has 1 aromatic carbocycles. The van der Waals surface area contributed by atoms with Crippen molar-refractivity contribution in [1.29, 1.82) is 0 Å². The maximum atomic E-state index is 5.67. The van der Waals surface area contributed by atoms with Crippen LogP contribution in [0.1, 0.15) is 11.1 Å². The van der Waals surface area contributed by atoms with Crippen molar-refractivity contribution in [2.45, 2.75) is 13.1 Å². The minimum Gasteiger partial charge on any atom is -0.379 e. The van der Waals surface area contributed by atoms with Gasteiger partial charge in [0.1, 0.15) is 0 Å². The normalized spacial score (nSPS) is 17.4. The topological polar surface area (TPSA) is 62.9 Å². The molecule has 0 radical (unpaired) electrons. The van der Waals surface area contributed by atoms with Crippen molar-refractivity contribution in [3.63, 3.8) is 0 Å². The average molecular weight is 262 g/mol. The molecule has 0 saturated carbocycles. The van der Waals surface area contributed by atoms with Crippen molar-refractivity contribution >= 4 is 5.96 Å². The van der Waals surface area contributed by atoms with Gasteiger partial charge in [-0.05, 0) is 11.1 Å². The highest BCUT2D eigenvalue weighted by molar-refractivity contribution is 5.77. The van der Waals surface area contributed by atoms with Gasteiger partial charge in [-0.3, -0.25) is 9.89 Å². The van der Waals surface area contributed by atoms with E-state index in [1.807, 2.05) is 0 Å². The standard InChI is InChI=1S/C14H22N4O/c1-16-14(15)17-10-12-4-2-3-5-13(12)11-18-6-8-19-9-7-18/h2-5H,6-11H2,1H3,(H3,15,16,17). The molecule has 3 N–H and O–H groups in total. The molecule has 5 nitrogen and oxygen atoms in total. The third kappa shape index (κ3) is 4.22. The van der Waals surface area contributed by atoms with Crippen LogP contribution in [0.25, 0.3) is 0 Å². The summed E-state index contributed by atoms with van der Waals surface area (Å²) in [6.45, 7) is 5.33. The van der Waals surface area contributed by atoms with Gasteiger partial charge in [0.15, 0.2) is 5.96 Å². The van der Waals surface area contributed by atoms with Crippen molar-refractivity contribution in [1.82, 2.24) is 10.2 Å². The number of nitrogens with one attached hydrogen (secondary N) is 1. The van der Waals surface area contributed by atoms with E-state index >= 15 is 0 Å². The van der Waals surface area contributed by atoms with Gasteiger partial charge in [-0.1, -0.05) is 24.3 Å². The molecule has 104 valence electrons. The molecule has 19 heavy (non-hydrogen) atoms. The first-order chi connectivity index (χ1) is 9.29. The summed E-state index contributed by atoms with van der Waals surface area (Å²) in [5, 5.41) is 3.11. The number of benzene rings is 1. The lowest BCUT2D eigenvalue weighted by molar-refractivity contribution is 0.0341. The van der Waals surface area contributed by atoms with Crippen molar-refractivity contribution in [2.24, 2.45) is 10.7 Å². The first-order valence-electron chi connectivity index (χ1n) is 6.62. The van der Waals surface area contributed by atoms with Gasteiger partial charge in [0.2, 0.25) is 0 Å².